The van der Waals surface area contributed by atoms with Crippen molar-refractivity contribution in [2.45, 2.75) is 12.8 Å². The number of hydrazone groups is 1. The van der Waals surface area contributed by atoms with E-state index in [0.29, 0.717) is 10.8 Å². The number of amides is 1. The van der Waals surface area contributed by atoms with E-state index >= 15 is 0 Å². The molecule has 3 aromatic carbocycles. The van der Waals surface area contributed by atoms with E-state index in [1.165, 1.54) is 24.3 Å². The fourth-order valence-electron chi connectivity index (χ4n) is 2.64. The van der Waals surface area contributed by atoms with Crippen LogP contribution in [0.4, 0.5) is 13.2 Å². The number of rotatable bonds is 6. The van der Waals surface area contributed by atoms with Crippen molar-refractivity contribution in [1.82, 2.24) is 5.43 Å². The van der Waals surface area contributed by atoms with Gasteiger partial charge in [-0.25, -0.2) is 5.43 Å². The van der Waals surface area contributed by atoms with Crippen LogP contribution in [0.5, 0.6) is 5.75 Å². The molecule has 0 unspecified atom stereocenters. The number of hydrogen-bond acceptors (Lipinski definition) is 3. The van der Waals surface area contributed by atoms with Gasteiger partial charge in [0.25, 0.3) is 5.91 Å². The molecular weight excluding hydrogens is 417 g/mol. The van der Waals surface area contributed by atoms with Crippen molar-refractivity contribution in [1.29, 1.82) is 0 Å². The zero-order chi connectivity index (χ0) is 21.6. The predicted octanol–water partition coefficient (Wildman–Crippen LogP) is 5.70. The molecule has 0 saturated carbocycles. The number of ether oxygens (including phenoxy) is 1. The normalized spacial score (nSPS) is 11.5. The summed E-state index contributed by atoms with van der Waals surface area (Å²) in [6.07, 6.45) is -3.57. The minimum absolute atomic E-state index is 0.145. The lowest BCUT2D eigenvalue weighted by molar-refractivity contribution is -0.137. The molecule has 1 amide bonds. The first kappa shape index (κ1) is 21.4. The van der Waals surface area contributed by atoms with Crippen LogP contribution in [0.2, 0.25) is 5.02 Å². The van der Waals surface area contributed by atoms with E-state index in [1.54, 1.807) is 36.4 Å². The summed E-state index contributed by atoms with van der Waals surface area (Å²) < 4.78 is 44.8. The zero-order valence-corrected chi connectivity index (χ0v) is 16.2. The summed E-state index contributed by atoms with van der Waals surface area (Å²) in [5.74, 6) is -0.327. The van der Waals surface area contributed by atoms with Crippen LogP contribution in [0.3, 0.4) is 0 Å². The first-order chi connectivity index (χ1) is 14.4. The minimum Gasteiger partial charge on any atom is -0.488 e. The lowest BCUT2D eigenvalue weighted by Crippen LogP contribution is -2.19. The van der Waals surface area contributed by atoms with E-state index in [9.17, 15) is 18.0 Å². The summed E-state index contributed by atoms with van der Waals surface area (Å²) in [4.78, 5) is 12.5. The van der Waals surface area contributed by atoms with Gasteiger partial charge < -0.3 is 4.74 Å². The fourth-order valence-corrected chi connectivity index (χ4v) is 2.83. The SMILES string of the molecule is O=C(N/N=C/c1ccccc1C(F)(F)F)c1ccccc1OCc1ccccc1Cl. The van der Waals surface area contributed by atoms with Crippen LogP contribution in [-0.4, -0.2) is 12.1 Å². The summed E-state index contributed by atoms with van der Waals surface area (Å²) >= 11 is 6.11. The first-order valence-electron chi connectivity index (χ1n) is 8.81. The molecule has 30 heavy (non-hydrogen) atoms. The number of hydrogen-bond donors (Lipinski definition) is 1. The highest BCUT2D eigenvalue weighted by Crippen LogP contribution is 2.31. The molecule has 0 saturated heterocycles. The Hall–Kier alpha value is -3.32. The second-order valence-electron chi connectivity index (χ2n) is 6.16. The number of carbonyl (C=O) groups excluding carboxylic acids is 1. The van der Waals surface area contributed by atoms with Gasteiger partial charge >= 0.3 is 6.18 Å². The Bertz CT molecular complexity index is 1070. The van der Waals surface area contributed by atoms with Crippen LogP contribution in [0.25, 0.3) is 0 Å². The molecule has 4 nitrogen and oxygen atoms in total. The molecule has 0 heterocycles. The summed E-state index contributed by atoms with van der Waals surface area (Å²) in [5.41, 5.74) is 2.17. The molecule has 0 fully saturated rings. The van der Waals surface area contributed by atoms with Gasteiger partial charge in [0.2, 0.25) is 0 Å². The van der Waals surface area contributed by atoms with Crippen LogP contribution in [0, 0.1) is 0 Å². The summed E-state index contributed by atoms with van der Waals surface area (Å²) in [6, 6.07) is 18.5. The first-order valence-corrected chi connectivity index (χ1v) is 9.19. The molecule has 0 aliphatic heterocycles. The lowest BCUT2D eigenvalue weighted by atomic mass is 10.1. The van der Waals surface area contributed by atoms with Crippen LogP contribution >= 0.6 is 11.6 Å². The Morgan fingerprint density at radius 1 is 1.00 bits per heavy atom. The highest BCUT2D eigenvalue weighted by molar-refractivity contribution is 6.31. The molecule has 0 aromatic heterocycles. The van der Waals surface area contributed by atoms with Gasteiger partial charge in [-0.1, -0.05) is 60.1 Å². The highest BCUT2D eigenvalue weighted by Gasteiger charge is 2.32. The van der Waals surface area contributed by atoms with E-state index in [-0.39, 0.29) is 17.7 Å². The van der Waals surface area contributed by atoms with E-state index in [2.05, 4.69) is 10.5 Å². The van der Waals surface area contributed by atoms with Gasteiger partial charge in [0.05, 0.1) is 17.3 Å². The molecule has 3 rings (SSSR count). The Kier molecular flexibility index (Phi) is 6.74. The Labute approximate surface area is 175 Å². The van der Waals surface area contributed by atoms with Crippen molar-refractivity contribution in [3.05, 3.63) is 100 Å². The lowest BCUT2D eigenvalue weighted by Gasteiger charge is -2.11. The summed E-state index contributed by atoms with van der Waals surface area (Å²) in [5, 5.41) is 4.20. The van der Waals surface area contributed by atoms with Gasteiger partial charge in [0.1, 0.15) is 12.4 Å². The summed E-state index contributed by atoms with van der Waals surface area (Å²) in [7, 11) is 0. The Balaban J connectivity index is 1.71. The second kappa shape index (κ2) is 9.45. The third-order valence-corrected chi connectivity index (χ3v) is 4.48. The van der Waals surface area contributed by atoms with Crippen LogP contribution in [-0.2, 0) is 12.8 Å². The Morgan fingerprint density at radius 3 is 2.43 bits per heavy atom. The van der Waals surface area contributed by atoms with Crippen molar-refractivity contribution < 1.29 is 22.7 Å². The Morgan fingerprint density at radius 2 is 1.67 bits per heavy atom. The van der Waals surface area contributed by atoms with Crippen LogP contribution in [0.15, 0.2) is 77.9 Å². The number of benzene rings is 3. The molecule has 0 bridgehead atoms. The topological polar surface area (TPSA) is 50.7 Å². The number of alkyl halides is 3. The van der Waals surface area contributed by atoms with Crippen molar-refractivity contribution in [2.24, 2.45) is 5.10 Å². The third kappa shape index (κ3) is 5.39. The van der Waals surface area contributed by atoms with Gasteiger partial charge in [0, 0.05) is 16.1 Å². The maximum absolute atomic E-state index is 13.0. The number of carbonyl (C=O) groups is 1. The van der Waals surface area contributed by atoms with Gasteiger partial charge in [-0.05, 0) is 24.3 Å². The maximum Gasteiger partial charge on any atom is 0.417 e. The highest BCUT2D eigenvalue weighted by atomic mass is 35.5. The quantitative estimate of drug-likeness (QED) is 0.401. The largest absolute Gasteiger partial charge is 0.488 e. The fraction of sp³-hybridized carbons (Fsp3) is 0.0909. The van der Waals surface area contributed by atoms with Crippen molar-refractivity contribution >= 4 is 23.7 Å². The summed E-state index contributed by atoms with van der Waals surface area (Å²) in [6.45, 7) is 0.145. The van der Waals surface area contributed by atoms with E-state index in [4.69, 9.17) is 16.3 Å². The van der Waals surface area contributed by atoms with Gasteiger partial charge in [-0.3, -0.25) is 4.79 Å². The molecule has 8 heteroatoms. The van der Waals surface area contributed by atoms with Crippen molar-refractivity contribution in [2.75, 3.05) is 0 Å². The van der Waals surface area contributed by atoms with E-state index in [0.717, 1.165) is 17.8 Å². The molecular formula is C22H16ClF3N2O2. The van der Waals surface area contributed by atoms with Crippen LogP contribution < -0.4 is 10.2 Å². The second-order valence-corrected chi connectivity index (χ2v) is 6.57. The van der Waals surface area contributed by atoms with Crippen LogP contribution in [0.1, 0.15) is 27.0 Å². The van der Waals surface area contributed by atoms with Gasteiger partial charge in [-0.2, -0.15) is 18.3 Å². The molecule has 3 aromatic rings. The monoisotopic (exact) mass is 432 g/mol. The molecule has 0 atom stereocenters. The standard InChI is InChI=1S/C22H16ClF3N2O2/c23-19-11-5-2-8-16(19)14-30-20-12-6-3-9-17(20)21(29)28-27-13-15-7-1-4-10-18(15)22(24,25)26/h1-13H,14H2,(H,28,29)/b27-13+. The number of halogens is 4. The molecule has 0 spiro atoms. The number of para-hydroxylation sites is 1. The predicted molar refractivity (Wildman–Crippen MR) is 109 cm³/mol. The number of nitrogens with one attached hydrogen (secondary N) is 1. The van der Waals surface area contributed by atoms with Gasteiger partial charge in [0.15, 0.2) is 0 Å². The van der Waals surface area contributed by atoms with Crippen molar-refractivity contribution in [3.8, 4) is 5.75 Å². The van der Waals surface area contributed by atoms with E-state index < -0.39 is 17.6 Å². The molecule has 0 radical (unpaired) electrons. The maximum atomic E-state index is 13.0. The van der Waals surface area contributed by atoms with E-state index in [1.807, 2.05) is 6.07 Å². The number of nitrogens with zero attached hydrogens (tertiary/aromatic N) is 1. The molecule has 1 N–H and O–H groups in total. The molecule has 154 valence electrons. The van der Waals surface area contributed by atoms with Crippen molar-refractivity contribution in [3.63, 3.8) is 0 Å². The van der Waals surface area contributed by atoms with Gasteiger partial charge in [-0.15, -0.1) is 0 Å². The average molecular weight is 433 g/mol. The average Bonchev–Trinajstić information content (AvgIpc) is 2.73. The zero-order valence-electron chi connectivity index (χ0n) is 15.5. The molecule has 0 aliphatic rings. The smallest absolute Gasteiger partial charge is 0.417 e. The minimum atomic E-state index is -4.52. The third-order valence-electron chi connectivity index (χ3n) is 4.11. The molecule has 0 aliphatic carbocycles.